The second-order valence-corrected chi connectivity index (χ2v) is 16.8. The molecule has 6 rings (SSSR count). The lowest BCUT2D eigenvalue weighted by Crippen LogP contribution is -2.64. The lowest BCUT2D eigenvalue weighted by Gasteiger charge is -2.65. The van der Waals surface area contributed by atoms with Crippen molar-refractivity contribution in [2.45, 2.75) is 142 Å². The summed E-state index contributed by atoms with van der Waals surface area (Å²) >= 11 is 0. The number of ether oxygens (including phenoxy) is 2. The maximum absolute atomic E-state index is 12.2. The minimum Gasteiger partial charge on any atom is -0.478 e. The van der Waals surface area contributed by atoms with Crippen molar-refractivity contribution >= 4 is 5.97 Å². The minimum absolute atomic E-state index is 0.0204. The third kappa shape index (κ3) is 4.25. The molecule has 1 heterocycles. The molecule has 15 atom stereocenters. The van der Waals surface area contributed by atoms with Crippen molar-refractivity contribution in [2.75, 3.05) is 6.61 Å². The van der Waals surface area contributed by atoms with E-state index < -0.39 is 53.6 Å². The smallest absolute Gasteiger partial charge is 0.330 e. The van der Waals surface area contributed by atoms with Gasteiger partial charge >= 0.3 is 5.97 Å². The van der Waals surface area contributed by atoms with Gasteiger partial charge in [-0.3, -0.25) is 0 Å². The van der Waals surface area contributed by atoms with E-state index in [0.717, 1.165) is 44.9 Å². The second-order valence-electron chi connectivity index (χ2n) is 16.8. The van der Waals surface area contributed by atoms with Crippen LogP contribution in [0, 0.1) is 50.7 Å². The van der Waals surface area contributed by atoms with E-state index in [-0.39, 0.29) is 40.8 Å². The lowest BCUT2D eigenvalue weighted by molar-refractivity contribution is -0.304. The number of carbonyl (C=O) groups is 1. The fraction of sp³-hybridized carbons (Fsp3) is 0.914. The molecule has 0 amide bonds. The Labute approximate surface area is 262 Å². The van der Waals surface area contributed by atoms with Gasteiger partial charge in [0, 0.05) is 16.4 Å². The molecule has 0 unspecified atom stereocenters. The van der Waals surface area contributed by atoms with E-state index in [1.165, 1.54) is 0 Å². The third-order valence-electron chi connectivity index (χ3n) is 15.1. The summed E-state index contributed by atoms with van der Waals surface area (Å²) in [5, 5.41) is 64.1. The topological polar surface area (TPSA) is 157 Å². The number of carboxylic acids is 1. The van der Waals surface area contributed by atoms with E-state index >= 15 is 0 Å². The number of aliphatic hydroxyl groups is 5. The predicted molar refractivity (Wildman–Crippen MR) is 162 cm³/mol. The van der Waals surface area contributed by atoms with Gasteiger partial charge in [-0.1, -0.05) is 40.7 Å². The van der Waals surface area contributed by atoms with E-state index in [9.17, 15) is 35.4 Å². The van der Waals surface area contributed by atoms with Crippen LogP contribution in [0.1, 0.15) is 99.3 Å². The van der Waals surface area contributed by atoms with Crippen molar-refractivity contribution in [1.82, 2.24) is 0 Å². The number of fused-ring (bicyclic) bond motifs is 2. The summed E-state index contributed by atoms with van der Waals surface area (Å²) in [6, 6.07) is 0. The predicted octanol–water partition coefficient (Wildman–Crippen LogP) is 3.64. The molecule has 6 aliphatic rings. The zero-order valence-electron chi connectivity index (χ0n) is 27.4. The molecule has 0 aromatic heterocycles. The molecule has 6 N–H and O–H groups in total. The lowest BCUT2D eigenvalue weighted by atomic mass is 9.40. The first-order valence-corrected chi connectivity index (χ1v) is 17.1. The first-order chi connectivity index (χ1) is 20.5. The van der Waals surface area contributed by atoms with Gasteiger partial charge < -0.3 is 40.1 Å². The Morgan fingerprint density at radius 3 is 2.32 bits per heavy atom. The average molecular weight is 621 g/mol. The number of aliphatic carboxylic acids is 1. The molecule has 9 heteroatoms. The standard InChI is InChI=1S/C35H56O9/c1-18(8-7-9-19(2)29(41)42)20-14-24(37)33(6)23-11-10-22-31(3,4)26(44-30-28(40)27(39)21(36)16-43-30)12-13-34(22)17-35(23,34)15-25(38)32(20,33)5/h9,18,20-28,30,36-40H,7-8,10-17H2,1-6H3,(H,41,42)/b19-9+/t18-,20+,21+,22-,23-,24-,25+,26-,27+,28+,30+,32-,33+,34+,35+/m0/s1. The van der Waals surface area contributed by atoms with Crippen molar-refractivity contribution in [3.8, 4) is 0 Å². The molecule has 0 aromatic rings. The van der Waals surface area contributed by atoms with Crippen LogP contribution in [0.4, 0.5) is 0 Å². The number of rotatable bonds is 7. The zero-order chi connectivity index (χ0) is 32.2. The van der Waals surface area contributed by atoms with Gasteiger partial charge in [-0.05, 0) is 105 Å². The van der Waals surface area contributed by atoms with E-state index in [2.05, 4.69) is 34.6 Å². The van der Waals surface area contributed by atoms with Crippen molar-refractivity contribution in [3.05, 3.63) is 11.6 Å². The van der Waals surface area contributed by atoms with Crippen molar-refractivity contribution in [1.29, 1.82) is 0 Å². The van der Waals surface area contributed by atoms with Crippen LogP contribution < -0.4 is 0 Å². The van der Waals surface area contributed by atoms with Crippen LogP contribution in [0.3, 0.4) is 0 Å². The highest BCUT2D eigenvalue weighted by atomic mass is 16.7. The molecule has 44 heavy (non-hydrogen) atoms. The summed E-state index contributed by atoms with van der Waals surface area (Å²) in [6.07, 6.45) is 3.61. The van der Waals surface area contributed by atoms with E-state index in [1.54, 1.807) is 13.0 Å². The average Bonchev–Trinajstić information content (AvgIpc) is 3.56. The zero-order valence-corrected chi connectivity index (χ0v) is 27.4. The summed E-state index contributed by atoms with van der Waals surface area (Å²) in [5.74, 6) is 0.175. The molecule has 5 aliphatic carbocycles. The number of hydrogen-bond acceptors (Lipinski definition) is 8. The monoisotopic (exact) mass is 620 g/mol. The highest BCUT2D eigenvalue weighted by molar-refractivity contribution is 5.85. The fourth-order valence-electron chi connectivity index (χ4n) is 12.5. The van der Waals surface area contributed by atoms with Crippen LogP contribution in [0.2, 0.25) is 0 Å². The first-order valence-electron chi connectivity index (χ1n) is 17.1. The summed E-state index contributed by atoms with van der Waals surface area (Å²) in [6.45, 7) is 12.8. The van der Waals surface area contributed by atoms with Gasteiger partial charge in [0.15, 0.2) is 6.29 Å². The molecular formula is C35H56O9. The quantitative estimate of drug-likeness (QED) is 0.185. The highest BCUT2D eigenvalue weighted by Gasteiger charge is 2.85. The van der Waals surface area contributed by atoms with E-state index in [0.29, 0.717) is 30.3 Å². The van der Waals surface area contributed by atoms with Gasteiger partial charge in [-0.2, -0.15) is 0 Å². The van der Waals surface area contributed by atoms with Gasteiger partial charge in [0.1, 0.15) is 18.3 Å². The second kappa shape index (κ2) is 10.7. The Balaban J connectivity index is 1.22. The van der Waals surface area contributed by atoms with Crippen molar-refractivity contribution in [3.63, 3.8) is 0 Å². The largest absolute Gasteiger partial charge is 0.478 e. The Bertz CT molecular complexity index is 1170. The molecule has 1 saturated heterocycles. The summed E-state index contributed by atoms with van der Waals surface area (Å²) in [4.78, 5) is 11.3. The molecule has 2 spiro atoms. The number of aliphatic hydroxyl groups excluding tert-OH is 5. The van der Waals surface area contributed by atoms with Crippen LogP contribution in [-0.4, -0.2) is 86.1 Å². The van der Waals surface area contributed by atoms with E-state index in [1.807, 2.05) is 0 Å². The number of hydrogen-bond donors (Lipinski definition) is 6. The number of carboxylic acid groups (broad SMARTS) is 1. The first kappa shape index (κ1) is 32.9. The molecular weight excluding hydrogens is 564 g/mol. The molecule has 0 aromatic carbocycles. The van der Waals surface area contributed by atoms with Crippen molar-refractivity contribution < 1.29 is 44.9 Å². The van der Waals surface area contributed by atoms with Crippen LogP contribution in [0.5, 0.6) is 0 Å². The Kier molecular flexibility index (Phi) is 8.01. The molecule has 1 aliphatic heterocycles. The summed E-state index contributed by atoms with van der Waals surface area (Å²) < 4.78 is 12.0. The molecule has 9 nitrogen and oxygen atoms in total. The highest BCUT2D eigenvalue weighted by Crippen LogP contribution is 2.89. The van der Waals surface area contributed by atoms with Gasteiger partial charge in [-0.15, -0.1) is 0 Å². The van der Waals surface area contributed by atoms with Gasteiger partial charge in [0.05, 0.1) is 24.9 Å². The Hall–Kier alpha value is -1.07. The third-order valence-corrected chi connectivity index (χ3v) is 15.1. The Morgan fingerprint density at radius 2 is 1.64 bits per heavy atom. The normalized spacial score (nSPS) is 53.6. The van der Waals surface area contributed by atoms with Crippen LogP contribution >= 0.6 is 0 Å². The Morgan fingerprint density at radius 1 is 0.955 bits per heavy atom. The molecule has 5 saturated carbocycles. The van der Waals surface area contributed by atoms with E-state index in [4.69, 9.17) is 9.47 Å². The molecule has 0 radical (unpaired) electrons. The van der Waals surface area contributed by atoms with Crippen LogP contribution in [0.15, 0.2) is 11.6 Å². The SMILES string of the molecule is C/C(=C\CC[C@H](C)[C@H]1C[C@H](O)[C@@]2(C)[C@@H]3CC[C@H]4C(C)(C)[C@@H](O[C@H]5OC[C@@H](O)[C@@H](O)[C@H]5O)CC[C@@]45C[C@]35C[C@@H](O)[C@]12C)C(=O)O. The van der Waals surface area contributed by atoms with Gasteiger partial charge in [0.2, 0.25) is 0 Å². The molecule has 250 valence electrons. The summed E-state index contributed by atoms with van der Waals surface area (Å²) in [5.41, 5.74) is -0.658. The van der Waals surface area contributed by atoms with Crippen molar-refractivity contribution in [2.24, 2.45) is 50.7 Å². The maximum atomic E-state index is 12.2. The fourth-order valence-corrected chi connectivity index (χ4v) is 12.5. The summed E-state index contributed by atoms with van der Waals surface area (Å²) in [7, 11) is 0. The molecule has 6 fully saturated rings. The minimum atomic E-state index is -1.31. The van der Waals surface area contributed by atoms with Gasteiger partial charge in [-0.25, -0.2) is 4.79 Å². The van der Waals surface area contributed by atoms with Gasteiger partial charge in [0.25, 0.3) is 0 Å². The maximum Gasteiger partial charge on any atom is 0.330 e. The molecule has 0 bridgehead atoms. The number of allylic oxidation sites excluding steroid dienone is 1. The van der Waals surface area contributed by atoms with Crippen LogP contribution in [0.25, 0.3) is 0 Å². The van der Waals surface area contributed by atoms with Crippen LogP contribution in [-0.2, 0) is 14.3 Å².